The van der Waals surface area contributed by atoms with E-state index in [-0.39, 0.29) is 0 Å². The van der Waals surface area contributed by atoms with Gasteiger partial charge in [-0.25, -0.2) is 0 Å². The molecule has 0 aliphatic heterocycles. The molecule has 1 atom stereocenters. The monoisotopic (exact) mass is 384 g/mol. The molecule has 0 bridgehead atoms. The summed E-state index contributed by atoms with van der Waals surface area (Å²) >= 11 is 7.33. The van der Waals surface area contributed by atoms with Crippen LogP contribution in [-0.4, -0.2) is 15.1 Å². The van der Waals surface area contributed by atoms with Gasteiger partial charge in [-0.05, 0) is 40.3 Å². The molecule has 19 heavy (non-hydrogen) atoms. The lowest BCUT2D eigenvalue weighted by atomic mass is 9.96. The minimum Gasteiger partial charge on any atom is -0.271 e. The first-order valence-electron chi connectivity index (χ1n) is 6.48. The van der Waals surface area contributed by atoms with E-state index in [1.807, 2.05) is 11.7 Å². The van der Waals surface area contributed by atoms with E-state index in [9.17, 15) is 0 Å². The van der Waals surface area contributed by atoms with Crippen molar-refractivity contribution in [1.29, 1.82) is 0 Å². The number of benzene rings is 1. The first kappa shape index (κ1) is 14.8. The molecule has 0 saturated carbocycles. The van der Waals surface area contributed by atoms with Gasteiger partial charge in [0, 0.05) is 12.4 Å². The van der Waals surface area contributed by atoms with Crippen LogP contribution in [0.4, 0.5) is 0 Å². The second kappa shape index (κ2) is 6.71. The number of rotatable bonds is 5. The maximum absolute atomic E-state index is 4.56. The number of nitrogens with zero attached hydrogens (tertiary/aromatic N) is 2. The fourth-order valence-corrected chi connectivity index (χ4v) is 3.64. The van der Waals surface area contributed by atoms with Crippen LogP contribution in [0.2, 0.25) is 0 Å². The van der Waals surface area contributed by atoms with E-state index < -0.39 is 0 Å². The lowest BCUT2D eigenvalue weighted by Crippen LogP contribution is -2.08. The molecule has 0 aliphatic carbocycles. The van der Waals surface area contributed by atoms with Crippen LogP contribution in [0.5, 0.6) is 0 Å². The van der Waals surface area contributed by atoms with Gasteiger partial charge < -0.3 is 0 Å². The highest BCUT2D eigenvalue weighted by Crippen LogP contribution is 2.28. The minimum atomic E-state index is 0.470. The van der Waals surface area contributed by atoms with Gasteiger partial charge in [0.25, 0.3) is 0 Å². The van der Waals surface area contributed by atoms with Crippen molar-refractivity contribution in [2.75, 3.05) is 5.33 Å². The van der Waals surface area contributed by atoms with Crippen LogP contribution in [0.15, 0.2) is 34.8 Å². The summed E-state index contributed by atoms with van der Waals surface area (Å²) in [5.41, 5.74) is 3.77. The third kappa shape index (κ3) is 3.29. The molecule has 0 aliphatic rings. The number of hydrogen-bond acceptors (Lipinski definition) is 1. The van der Waals surface area contributed by atoms with Crippen molar-refractivity contribution < 1.29 is 0 Å². The van der Waals surface area contributed by atoms with Gasteiger partial charge in [-0.2, -0.15) is 5.10 Å². The fourth-order valence-electron chi connectivity index (χ4n) is 2.26. The van der Waals surface area contributed by atoms with Crippen molar-refractivity contribution in [3.05, 3.63) is 51.8 Å². The number of aromatic nitrogens is 2. The largest absolute Gasteiger partial charge is 0.271 e. The van der Waals surface area contributed by atoms with E-state index >= 15 is 0 Å². The van der Waals surface area contributed by atoms with Crippen molar-refractivity contribution in [1.82, 2.24) is 9.78 Å². The number of alkyl halides is 1. The summed E-state index contributed by atoms with van der Waals surface area (Å²) in [5.74, 6) is 0.470. The lowest BCUT2D eigenvalue weighted by molar-refractivity contribution is 0.657. The van der Waals surface area contributed by atoms with Crippen LogP contribution in [0.3, 0.4) is 0 Å². The molecular formula is C15H18Br2N2. The molecule has 0 fully saturated rings. The molecule has 0 amide bonds. The Kier molecular flexibility index (Phi) is 5.22. The first-order chi connectivity index (χ1) is 9.17. The minimum absolute atomic E-state index is 0.470. The second-order valence-corrected chi connectivity index (χ2v) is 6.09. The second-order valence-electron chi connectivity index (χ2n) is 4.65. The van der Waals surface area contributed by atoms with Crippen LogP contribution in [0.25, 0.3) is 0 Å². The highest BCUT2D eigenvalue weighted by atomic mass is 79.9. The highest BCUT2D eigenvalue weighted by Gasteiger charge is 2.18. The smallest absolute Gasteiger partial charge is 0.0766 e. The Morgan fingerprint density at radius 1 is 1.26 bits per heavy atom. The van der Waals surface area contributed by atoms with Gasteiger partial charge in [-0.15, -0.1) is 0 Å². The summed E-state index contributed by atoms with van der Waals surface area (Å²) in [5, 5.41) is 5.52. The molecule has 4 heteroatoms. The SMILES string of the molecule is CCc1nn(C)c(CC(CBr)c2ccccc2)c1Br. The topological polar surface area (TPSA) is 17.8 Å². The molecule has 1 aromatic heterocycles. The number of halogens is 2. The van der Waals surface area contributed by atoms with Crippen LogP contribution >= 0.6 is 31.9 Å². The van der Waals surface area contributed by atoms with Gasteiger partial charge >= 0.3 is 0 Å². The summed E-state index contributed by atoms with van der Waals surface area (Å²) in [6.45, 7) is 2.13. The van der Waals surface area contributed by atoms with Crippen molar-refractivity contribution in [3.8, 4) is 0 Å². The maximum atomic E-state index is 4.56. The summed E-state index contributed by atoms with van der Waals surface area (Å²) in [6.07, 6.45) is 1.94. The summed E-state index contributed by atoms with van der Waals surface area (Å²) < 4.78 is 3.17. The molecule has 2 rings (SSSR count). The third-order valence-corrected chi connectivity index (χ3v) is 5.10. The zero-order chi connectivity index (χ0) is 13.8. The Morgan fingerprint density at radius 3 is 2.47 bits per heavy atom. The molecule has 0 N–H and O–H groups in total. The molecule has 0 saturated heterocycles. The van der Waals surface area contributed by atoms with Crippen LogP contribution in [0.1, 0.15) is 29.8 Å². The Labute approximate surface area is 131 Å². The Balaban J connectivity index is 2.26. The Hall–Kier alpha value is -0.610. The fraction of sp³-hybridized carbons (Fsp3) is 0.400. The summed E-state index contributed by atoms with van der Waals surface area (Å²) in [4.78, 5) is 0. The molecule has 1 aromatic carbocycles. The van der Waals surface area contributed by atoms with Crippen molar-refractivity contribution >= 4 is 31.9 Å². The average Bonchev–Trinajstić information content (AvgIpc) is 2.72. The van der Waals surface area contributed by atoms with Gasteiger partial charge in [0.15, 0.2) is 0 Å². The Morgan fingerprint density at radius 2 is 1.95 bits per heavy atom. The maximum Gasteiger partial charge on any atom is 0.0766 e. The van der Waals surface area contributed by atoms with Crippen LogP contribution in [-0.2, 0) is 19.9 Å². The van der Waals surface area contributed by atoms with Crippen LogP contribution in [0, 0.1) is 0 Å². The van der Waals surface area contributed by atoms with Gasteiger partial charge in [0.1, 0.15) is 0 Å². The lowest BCUT2D eigenvalue weighted by Gasteiger charge is -2.15. The van der Waals surface area contributed by atoms with Gasteiger partial charge in [0.2, 0.25) is 0 Å². The molecule has 0 radical (unpaired) electrons. The van der Waals surface area contributed by atoms with Gasteiger partial charge in [-0.1, -0.05) is 53.2 Å². The van der Waals surface area contributed by atoms with Crippen molar-refractivity contribution in [2.45, 2.75) is 25.7 Å². The van der Waals surface area contributed by atoms with Gasteiger partial charge in [0.05, 0.1) is 15.9 Å². The standard InChI is InChI=1S/C15H18Br2N2/c1-3-13-15(17)14(19(2)18-13)9-12(10-16)11-7-5-4-6-8-11/h4-8,12H,3,9-10H2,1-2H3. The van der Waals surface area contributed by atoms with E-state index in [1.165, 1.54) is 15.7 Å². The normalized spacial score (nSPS) is 12.6. The highest BCUT2D eigenvalue weighted by molar-refractivity contribution is 9.10. The molecule has 1 unspecified atom stereocenters. The van der Waals surface area contributed by atoms with E-state index in [0.29, 0.717) is 5.92 Å². The molecular weight excluding hydrogens is 368 g/mol. The zero-order valence-electron chi connectivity index (χ0n) is 11.2. The van der Waals surface area contributed by atoms with E-state index in [1.54, 1.807) is 0 Å². The molecule has 0 spiro atoms. The molecule has 2 nitrogen and oxygen atoms in total. The van der Waals surface area contributed by atoms with E-state index in [2.05, 4.69) is 74.2 Å². The third-order valence-electron chi connectivity index (χ3n) is 3.40. The first-order valence-corrected chi connectivity index (χ1v) is 8.40. The molecule has 2 aromatic rings. The number of aryl methyl sites for hydroxylation is 2. The van der Waals surface area contributed by atoms with Gasteiger partial charge in [-0.3, -0.25) is 4.68 Å². The zero-order valence-corrected chi connectivity index (χ0v) is 14.4. The van der Waals surface area contributed by atoms with E-state index in [4.69, 9.17) is 0 Å². The molecule has 1 heterocycles. The van der Waals surface area contributed by atoms with Crippen molar-refractivity contribution in [3.63, 3.8) is 0 Å². The Bertz CT molecular complexity index is 535. The average molecular weight is 386 g/mol. The van der Waals surface area contributed by atoms with Crippen LogP contribution < -0.4 is 0 Å². The summed E-state index contributed by atoms with van der Waals surface area (Å²) in [6, 6.07) is 10.6. The summed E-state index contributed by atoms with van der Waals surface area (Å²) in [7, 11) is 2.02. The predicted molar refractivity (Wildman–Crippen MR) is 87.0 cm³/mol. The molecule has 102 valence electrons. The van der Waals surface area contributed by atoms with E-state index in [0.717, 1.165) is 23.9 Å². The van der Waals surface area contributed by atoms with Crippen molar-refractivity contribution in [2.24, 2.45) is 7.05 Å². The quantitative estimate of drug-likeness (QED) is 0.694. The number of hydrogen-bond donors (Lipinski definition) is 0. The predicted octanol–water partition coefficient (Wildman–Crippen LogP) is 4.47.